The van der Waals surface area contributed by atoms with E-state index in [1.807, 2.05) is 13.8 Å². The summed E-state index contributed by atoms with van der Waals surface area (Å²) in [6.45, 7) is 4.13. The SMILES string of the molecule is CC.COCC(C(=O)OC)C(c1ccc(SSc2ccc(C(C(F)(F)F)C(C)(COC)C(=O)OC)cc2)cc1)C(F)(F)F. The maximum atomic E-state index is 14.1. The molecule has 242 valence electrons. The molecule has 6 nitrogen and oxygen atoms in total. The van der Waals surface area contributed by atoms with Gasteiger partial charge in [-0.15, -0.1) is 0 Å². The number of alkyl halides is 6. The summed E-state index contributed by atoms with van der Waals surface area (Å²) in [5.41, 5.74) is -2.33. The summed E-state index contributed by atoms with van der Waals surface area (Å²) < 4.78 is 103. The first-order valence-corrected chi connectivity index (χ1v) is 15.1. The van der Waals surface area contributed by atoms with Crippen LogP contribution in [0.1, 0.15) is 43.7 Å². The molecule has 43 heavy (non-hydrogen) atoms. The monoisotopic (exact) mass is 658 g/mol. The van der Waals surface area contributed by atoms with Crippen LogP contribution in [0.5, 0.6) is 0 Å². The van der Waals surface area contributed by atoms with Crippen LogP contribution < -0.4 is 0 Å². The van der Waals surface area contributed by atoms with E-state index in [-0.39, 0.29) is 11.1 Å². The van der Waals surface area contributed by atoms with Gasteiger partial charge in [-0.3, -0.25) is 9.59 Å². The Labute approximate surface area is 255 Å². The Morgan fingerprint density at radius 2 is 1.19 bits per heavy atom. The van der Waals surface area contributed by atoms with Gasteiger partial charge in [0, 0.05) is 24.0 Å². The van der Waals surface area contributed by atoms with Crippen molar-refractivity contribution in [3.8, 4) is 0 Å². The van der Waals surface area contributed by atoms with Crippen molar-refractivity contribution in [2.45, 2.75) is 54.8 Å². The number of ether oxygens (including phenoxy) is 4. The predicted molar refractivity (Wildman–Crippen MR) is 153 cm³/mol. The van der Waals surface area contributed by atoms with Crippen molar-refractivity contribution in [2.75, 3.05) is 41.7 Å². The maximum Gasteiger partial charge on any atom is 0.396 e. The Morgan fingerprint density at radius 3 is 1.53 bits per heavy atom. The molecule has 0 aromatic heterocycles. The Balaban J connectivity index is 0.00000452. The average molecular weight is 659 g/mol. The molecular weight excluding hydrogens is 622 g/mol. The summed E-state index contributed by atoms with van der Waals surface area (Å²) in [6.07, 6.45) is -9.53. The highest BCUT2D eigenvalue weighted by molar-refractivity contribution is 8.76. The third-order valence-electron chi connectivity index (χ3n) is 6.35. The second-order valence-corrected chi connectivity index (χ2v) is 11.5. The average Bonchev–Trinajstić information content (AvgIpc) is 2.96. The molecular formula is C29H36F6O6S2. The van der Waals surface area contributed by atoms with Crippen LogP contribution in [0.25, 0.3) is 0 Å². The van der Waals surface area contributed by atoms with Crippen molar-refractivity contribution in [2.24, 2.45) is 11.3 Å². The predicted octanol–water partition coefficient (Wildman–Crippen LogP) is 8.07. The molecule has 0 N–H and O–H groups in total. The van der Waals surface area contributed by atoms with Crippen molar-refractivity contribution < 1.29 is 54.9 Å². The Kier molecular flexibility index (Phi) is 15.4. The standard InChI is InChI=1S/C27H30F6O6S2.C2H6/c1-25(15-37-3,24(35)39-5)22(27(31,32)33)17-8-12-19(13-9-17)41-40-18-10-6-16(7-11-18)21(26(28,29)30)20(14-36-2)23(34)38-4;1-2/h6-13,20-22H,14-15H2,1-5H3;1-2H3. The first-order valence-electron chi connectivity index (χ1n) is 13.0. The van der Waals surface area contributed by atoms with Gasteiger partial charge in [-0.25, -0.2) is 0 Å². The molecule has 0 saturated heterocycles. The Morgan fingerprint density at radius 1 is 0.721 bits per heavy atom. The van der Waals surface area contributed by atoms with Gasteiger partial charge in [-0.05, 0) is 42.3 Å². The Hall–Kier alpha value is -2.42. The molecule has 14 heteroatoms. The van der Waals surface area contributed by atoms with E-state index >= 15 is 0 Å². The third-order valence-corrected chi connectivity index (χ3v) is 8.77. The molecule has 4 atom stereocenters. The van der Waals surface area contributed by atoms with Crippen LogP contribution in [0.3, 0.4) is 0 Å². The maximum absolute atomic E-state index is 14.1. The van der Waals surface area contributed by atoms with Gasteiger partial charge in [0.1, 0.15) is 5.41 Å². The minimum atomic E-state index is -4.78. The molecule has 0 spiro atoms. The molecule has 0 radical (unpaired) electrons. The minimum Gasteiger partial charge on any atom is -0.469 e. The minimum absolute atomic E-state index is 0.147. The van der Waals surface area contributed by atoms with Crippen LogP contribution in [0.4, 0.5) is 26.3 Å². The lowest BCUT2D eigenvalue weighted by atomic mass is 9.73. The number of hydrogen-bond donors (Lipinski definition) is 0. The van der Waals surface area contributed by atoms with E-state index in [9.17, 15) is 35.9 Å². The van der Waals surface area contributed by atoms with Crippen LogP contribution in [-0.4, -0.2) is 65.9 Å². The molecule has 0 bridgehead atoms. The molecule has 2 aromatic rings. The summed E-state index contributed by atoms with van der Waals surface area (Å²) in [6, 6.07) is 10.8. The number of rotatable bonds is 13. The van der Waals surface area contributed by atoms with Crippen LogP contribution in [-0.2, 0) is 28.5 Å². The van der Waals surface area contributed by atoms with Gasteiger partial charge in [-0.2, -0.15) is 26.3 Å². The molecule has 0 saturated carbocycles. The van der Waals surface area contributed by atoms with Gasteiger partial charge in [0.2, 0.25) is 0 Å². The second-order valence-electron chi connectivity index (χ2n) is 9.23. The molecule has 0 aliphatic rings. The van der Waals surface area contributed by atoms with E-state index in [0.717, 1.165) is 21.1 Å². The van der Waals surface area contributed by atoms with Gasteiger partial charge >= 0.3 is 24.3 Å². The fourth-order valence-electron chi connectivity index (χ4n) is 4.53. The van der Waals surface area contributed by atoms with Crippen molar-refractivity contribution >= 4 is 33.5 Å². The van der Waals surface area contributed by atoms with E-state index in [1.165, 1.54) is 84.3 Å². The largest absolute Gasteiger partial charge is 0.469 e. The number of benzene rings is 2. The lowest BCUT2D eigenvalue weighted by Gasteiger charge is -2.36. The highest BCUT2D eigenvalue weighted by atomic mass is 33.1. The van der Waals surface area contributed by atoms with Crippen molar-refractivity contribution in [3.05, 3.63) is 59.7 Å². The van der Waals surface area contributed by atoms with E-state index < -0.39 is 60.7 Å². The van der Waals surface area contributed by atoms with E-state index in [4.69, 9.17) is 9.47 Å². The van der Waals surface area contributed by atoms with Crippen LogP contribution in [0.2, 0.25) is 0 Å². The van der Waals surface area contributed by atoms with Gasteiger partial charge < -0.3 is 18.9 Å². The normalized spacial score (nSPS) is 15.3. The Bertz CT molecular complexity index is 1140. The molecule has 0 aliphatic carbocycles. The lowest BCUT2D eigenvalue weighted by Crippen LogP contribution is -2.45. The molecule has 2 aromatic carbocycles. The number of esters is 2. The summed E-state index contributed by atoms with van der Waals surface area (Å²) in [4.78, 5) is 25.5. The molecule has 0 heterocycles. The van der Waals surface area contributed by atoms with E-state index in [2.05, 4.69) is 9.47 Å². The molecule has 0 fully saturated rings. The second kappa shape index (κ2) is 17.2. The van der Waals surface area contributed by atoms with Crippen molar-refractivity contribution in [3.63, 3.8) is 0 Å². The zero-order valence-corrected chi connectivity index (χ0v) is 26.4. The van der Waals surface area contributed by atoms with Crippen molar-refractivity contribution in [1.29, 1.82) is 0 Å². The van der Waals surface area contributed by atoms with Gasteiger partial charge in [0.15, 0.2) is 0 Å². The first-order chi connectivity index (χ1) is 20.1. The quantitative estimate of drug-likeness (QED) is 0.122. The molecule has 2 rings (SSSR count). The summed E-state index contributed by atoms with van der Waals surface area (Å²) in [5.74, 6) is -8.05. The summed E-state index contributed by atoms with van der Waals surface area (Å²) in [5, 5.41) is 0. The van der Waals surface area contributed by atoms with Crippen molar-refractivity contribution in [1.82, 2.24) is 0 Å². The zero-order chi connectivity index (χ0) is 33.0. The first kappa shape index (κ1) is 38.6. The summed E-state index contributed by atoms with van der Waals surface area (Å²) in [7, 11) is 6.74. The summed E-state index contributed by atoms with van der Waals surface area (Å²) >= 11 is 0. The smallest absolute Gasteiger partial charge is 0.396 e. The van der Waals surface area contributed by atoms with E-state index in [0.29, 0.717) is 9.79 Å². The lowest BCUT2D eigenvalue weighted by molar-refractivity contribution is -0.197. The van der Waals surface area contributed by atoms with E-state index in [1.54, 1.807) is 0 Å². The fourth-order valence-corrected chi connectivity index (χ4v) is 6.47. The van der Waals surface area contributed by atoms with Crippen LogP contribution in [0, 0.1) is 11.3 Å². The number of methoxy groups -OCH3 is 4. The van der Waals surface area contributed by atoms with Gasteiger partial charge in [0.25, 0.3) is 0 Å². The number of halogens is 6. The number of carbonyl (C=O) groups excluding carboxylic acids is 2. The number of carbonyl (C=O) groups is 2. The number of hydrogen-bond acceptors (Lipinski definition) is 8. The topological polar surface area (TPSA) is 71.1 Å². The van der Waals surface area contributed by atoms with Crippen LogP contribution >= 0.6 is 21.6 Å². The zero-order valence-electron chi connectivity index (χ0n) is 24.8. The molecule has 4 unspecified atom stereocenters. The highest BCUT2D eigenvalue weighted by Gasteiger charge is 2.56. The highest BCUT2D eigenvalue weighted by Crippen LogP contribution is 2.49. The fraction of sp³-hybridized carbons (Fsp3) is 0.517. The van der Waals surface area contributed by atoms with Gasteiger partial charge in [-0.1, -0.05) is 59.7 Å². The molecule has 0 aliphatic heterocycles. The van der Waals surface area contributed by atoms with Crippen LogP contribution in [0.15, 0.2) is 58.3 Å². The third kappa shape index (κ3) is 10.3. The molecule has 0 amide bonds. The van der Waals surface area contributed by atoms with Gasteiger partial charge in [0.05, 0.1) is 45.2 Å².